The Labute approximate surface area is 82.8 Å². The van der Waals surface area contributed by atoms with Crippen molar-refractivity contribution in [2.45, 2.75) is 6.92 Å². The molecule has 0 aliphatic heterocycles. The van der Waals surface area contributed by atoms with Gasteiger partial charge in [0.2, 0.25) is 0 Å². The summed E-state index contributed by atoms with van der Waals surface area (Å²) in [6.07, 6.45) is 0. The molecule has 0 spiro atoms. The zero-order chi connectivity index (χ0) is 9.71. The molecule has 0 saturated heterocycles. The van der Waals surface area contributed by atoms with Gasteiger partial charge in [-0.15, -0.1) is 11.3 Å². The van der Waals surface area contributed by atoms with E-state index in [1.807, 2.05) is 28.8 Å². The minimum absolute atomic E-state index is 0.140. The fourth-order valence-electron chi connectivity index (χ4n) is 1.68. The average molecular weight is 205 g/mol. The standard InChI is InChI=1S/C9H7N3OS/c1-5-10-11-9(13)7-4-8-6(12(5)7)2-3-14-8/h2-4H,1H3,(H,11,13). The molecule has 3 aromatic rings. The molecule has 3 rings (SSSR count). The van der Waals surface area contributed by atoms with Gasteiger partial charge in [0.1, 0.15) is 11.3 Å². The van der Waals surface area contributed by atoms with Crippen molar-refractivity contribution < 1.29 is 0 Å². The minimum Gasteiger partial charge on any atom is -0.291 e. The Bertz CT molecular complexity index is 676. The van der Waals surface area contributed by atoms with Gasteiger partial charge in [-0.3, -0.25) is 9.20 Å². The highest BCUT2D eigenvalue weighted by Crippen LogP contribution is 2.23. The Morgan fingerprint density at radius 1 is 1.50 bits per heavy atom. The van der Waals surface area contributed by atoms with Crippen LogP contribution in [0.5, 0.6) is 0 Å². The third kappa shape index (κ3) is 0.820. The maximum atomic E-state index is 11.5. The van der Waals surface area contributed by atoms with E-state index in [-0.39, 0.29) is 5.56 Å². The Kier molecular flexibility index (Phi) is 1.36. The quantitative estimate of drug-likeness (QED) is 0.605. The average Bonchev–Trinajstić information content (AvgIpc) is 2.70. The molecule has 0 bridgehead atoms. The number of rotatable bonds is 0. The maximum absolute atomic E-state index is 11.5. The molecule has 14 heavy (non-hydrogen) atoms. The van der Waals surface area contributed by atoms with Gasteiger partial charge in [-0.25, -0.2) is 5.10 Å². The highest BCUT2D eigenvalue weighted by molar-refractivity contribution is 7.17. The number of aryl methyl sites for hydroxylation is 1. The van der Waals surface area contributed by atoms with E-state index in [0.717, 1.165) is 16.0 Å². The first-order chi connectivity index (χ1) is 6.77. The first-order valence-corrected chi connectivity index (χ1v) is 5.09. The molecule has 0 amide bonds. The van der Waals surface area contributed by atoms with Gasteiger partial charge >= 0.3 is 0 Å². The molecule has 70 valence electrons. The van der Waals surface area contributed by atoms with Gasteiger partial charge < -0.3 is 0 Å². The first kappa shape index (κ1) is 7.75. The summed E-state index contributed by atoms with van der Waals surface area (Å²) in [7, 11) is 0. The van der Waals surface area contributed by atoms with Gasteiger partial charge in [-0.05, 0) is 24.4 Å². The van der Waals surface area contributed by atoms with Crippen LogP contribution in [-0.2, 0) is 0 Å². The van der Waals surface area contributed by atoms with Crippen molar-refractivity contribution >= 4 is 27.1 Å². The van der Waals surface area contributed by atoms with Crippen LogP contribution in [0.4, 0.5) is 0 Å². The Balaban J connectivity index is 2.75. The van der Waals surface area contributed by atoms with Crippen molar-refractivity contribution in [1.29, 1.82) is 0 Å². The van der Waals surface area contributed by atoms with Crippen molar-refractivity contribution in [3.05, 3.63) is 33.7 Å². The molecule has 0 aliphatic carbocycles. The van der Waals surface area contributed by atoms with Crippen LogP contribution in [-0.4, -0.2) is 14.6 Å². The van der Waals surface area contributed by atoms with E-state index in [0.29, 0.717) is 5.52 Å². The molecule has 4 nitrogen and oxygen atoms in total. The van der Waals surface area contributed by atoms with Gasteiger partial charge in [0.15, 0.2) is 0 Å². The second-order valence-electron chi connectivity index (χ2n) is 3.14. The summed E-state index contributed by atoms with van der Waals surface area (Å²) in [6.45, 7) is 1.88. The molecule has 0 atom stereocenters. The largest absolute Gasteiger partial charge is 0.291 e. The fraction of sp³-hybridized carbons (Fsp3) is 0.111. The van der Waals surface area contributed by atoms with Gasteiger partial charge in [-0.1, -0.05) is 0 Å². The minimum atomic E-state index is -0.140. The van der Waals surface area contributed by atoms with E-state index in [2.05, 4.69) is 10.2 Å². The van der Waals surface area contributed by atoms with Crippen LogP contribution in [0.3, 0.4) is 0 Å². The first-order valence-electron chi connectivity index (χ1n) is 4.21. The predicted octanol–water partition coefficient (Wildman–Crippen LogP) is 1.55. The van der Waals surface area contributed by atoms with E-state index in [1.165, 1.54) is 0 Å². The van der Waals surface area contributed by atoms with E-state index in [4.69, 9.17) is 0 Å². The topological polar surface area (TPSA) is 50.2 Å². The number of thiophene rings is 1. The number of hydrogen-bond donors (Lipinski definition) is 1. The smallest absolute Gasteiger partial charge is 0.288 e. The van der Waals surface area contributed by atoms with Gasteiger partial charge in [0, 0.05) is 0 Å². The molecule has 0 aliphatic rings. The van der Waals surface area contributed by atoms with Crippen LogP contribution < -0.4 is 5.56 Å². The summed E-state index contributed by atoms with van der Waals surface area (Å²) in [5.41, 5.74) is 1.58. The van der Waals surface area contributed by atoms with E-state index >= 15 is 0 Å². The van der Waals surface area contributed by atoms with Crippen molar-refractivity contribution in [1.82, 2.24) is 14.6 Å². The number of hydrogen-bond acceptors (Lipinski definition) is 3. The summed E-state index contributed by atoms with van der Waals surface area (Å²) in [5.74, 6) is 0.799. The number of aromatic nitrogens is 3. The summed E-state index contributed by atoms with van der Waals surface area (Å²) >= 11 is 1.63. The summed E-state index contributed by atoms with van der Waals surface area (Å²) < 4.78 is 3.00. The predicted molar refractivity (Wildman–Crippen MR) is 55.9 cm³/mol. The Morgan fingerprint density at radius 2 is 2.36 bits per heavy atom. The van der Waals surface area contributed by atoms with Crippen LogP contribution in [0, 0.1) is 6.92 Å². The number of nitrogens with zero attached hydrogens (tertiary/aromatic N) is 2. The molecular formula is C9H7N3OS. The van der Waals surface area contributed by atoms with Crippen LogP contribution in [0.15, 0.2) is 22.3 Å². The maximum Gasteiger partial charge on any atom is 0.288 e. The highest BCUT2D eigenvalue weighted by Gasteiger charge is 2.08. The SMILES string of the molecule is Cc1n[nH]c(=O)c2cc3sccc3n12. The van der Waals surface area contributed by atoms with E-state index in [1.54, 1.807) is 11.3 Å². The van der Waals surface area contributed by atoms with Crippen LogP contribution >= 0.6 is 11.3 Å². The molecular weight excluding hydrogens is 198 g/mol. The summed E-state index contributed by atoms with van der Waals surface area (Å²) in [5, 5.41) is 8.42. The summed E-state index contributed by atoms with van der Waals surface area (Å²) in [4.78, 5) is 11.5. The third-order valence-electron chi connectivity index (χ3n) is 2.30. The molecule has 3 aromatic heterocycles. The lowest BCUT2D eigenvalue weighted by molar-refractivity contribution is 0.873. The lowest BCUT2D eigenvalue weighted by atomic mass is 10.5. The molecule has 0 radical (unpaired) electrons. The number of fused-ring (bicyclic) bond motifs is 3. The molecule has 0 saturated carbocycles. The molecule has 0 fully saturated rings. The van der Waals surface area contributed by atoms with Crippen molar-refractivity contribution in [3.8, 4) is 0 Å². The van der Waals surface area contributed by atoms with Crippen molar-refractivity contribution in [3.63, 3.8) is 0 Å². The van der Waals surface area contributed by atoms with E-state index < -0.39 is 0 Å². The number of aromatic amines is 1. The van der Waals surface area contributed by atoms with Gasteiger partial charge in [-0.2, -0.15) is 5.10 Å². The van der Waals surface area contributed by atoms with Crippen LogP contribution in [0.2, 0.25) is 0 Å². The van der Waals surface area contributed by atoms with Crippen LogP contribution in [0.25, 0.3) is 15.7 Å². The zero-order valence-corrected chi connectivity index (χ0v) is 8.26. The Morgan fingerprint density at radius 3 is 3.21 bits per heavy atom. The molecule has 3 heterocycles. The third-order valence-corrected chi connectivity index (χ3v) is 3.15. The summed E-state index contributed by atoms with van der Waals surface area (Å²) in [6, 6.07) is 3.90. The lowest BCUT2D eigenvalue weighted by Crippen LogP contribution is -2.13. The zero-order valence-electron chi connectivity index (χ0n) is 7.44. The fourth-order valence-corrected chi connectivity index (χ4v) is 2.48. The van der Waals surface area contributed by atoms with E-state index in [9.17, 15) is 4.79 Å². The Hall–Kier alpha value is -1.62. The van der Waals surface area contributed by atoms with Gasteiger partial charge in [0.25, 0.3) is 5.56 Å². The monoisotopic (exact) mass is 205 g/mol. The van der Waals surface area contributed by atoms with Gasteiger partial charge in [0.05, 0.1) is 10.2 Å². The highest BCUT2D eigenvalue weighted by atomic mass is 32.1. The van der Waals surface area contributed by atoms with Crippen molar-refractivity contribution in [2.75, 3.05) is 0 Å². The molecule has 1 N–H and O–H groups in total. The molecule has 0 unspecified atom stereocenters. The van der Waals surface area contributed by atoms with Crippen molar-refractivity contribution in [2.24, 2.45) is 0 Å². The molecule has 0 aromatic carbocycles. The molecule has 5 heteroatoms. The second-order valence-corrected chi connectivity index (χ2v) is 4.08. The van der Waals surface area contributed by atoms with Crippen LogP contribution in [0.1, 0.15) is 5.82 Å². The second kappa shape index (κ2) is 2.45. The number of nitrogens with one attached hydrogen (secondary N) is 1. The lowest BCUT2D eigenvalue weighted by Gasteiger charge is -1.97. The number of H-pyrrole nitrogens is 1. The normalized spacial score (nSPS) is 11.5.